The fourth-order valence-corrected chi connectivity index (χ4v) is 3.14. The van der Waals surface area contributed by atoms with Crippen molar-refractivity contribution >= 4 is 52.6 Å². The third kappa shape index (κ3) is 6.75. The Morgan fingerprint density at radius 3 is 2.86 bits per heavy atom. The Bertz CT molecular complexity index is 537. The van der Waals surface area contributed by atoms with Crippen molar-refractivity contribution in [3.63, 3.8) is 0 Å². The van der Waals surface area contributed by atoms with Crippen LogP contribution in [0.3, 0.4) is 0 Å². The zero-order valence-corrected chi connectivity index (χ0v) is 16.2. The van der Waals surface area contributed by atoms with Crippen molar-refractivity contribution in [2.75, 3.05) is 13.1 Å². The summed E-state index contributed by atoms with van der Waals surface area (Å²) in [6.45, 7) is 6.52. The van der Waals surface area contributed by atoms with Gasteiger partial charge in [0.15, 0.2) is 5.96 Å². The molecule has 0 bridgehead atoms. The Labute approximate surface area is 151 Å². The summed E-state index contributed by atoms with van der Waals surface area (Å²) in [5.41, 5.74) is 0. The lowest BCUT2D eigenvalue weighted by atomic mass is 10.3. The van der Waals surface area contributed by atoms with Gasteiger partial charge in [0.05, 0.1) is 6.54 Å². The minimum Gasteiger partial charge on any atom is -0.357 e. The Morgan fingerprint density at radius 1 is 1.38 bits per heavy atom. The summed E-state index contributed by atoms with van der Waals surface area (Å²) in [6.07, 6.45) is 2.92. The molecule has 4 nitrogen and oxygen atoms in total. The third-order valence-corrected chi connectivity index (χ3v) is 4.46. The first-order chi connectivity index (χ1) is 9.78. The van der Waals surface area contributed by atoms with Crippen LogP contribution in [0.25, 0.3) is 0 Å². The second-order valence-corrected chi connectivity index (χ2v) is 6.67. The summed E-state index contributed by atoms with van der Waals surface area (Å²) in [5.74, 6) is 0.858. The van der Waals surface area contributed by atoms with Crippen LogP contribution in [0, 0.1) is 6.92 Å². The lowest BCUT2D eigenvalue weighted by Crippen LogP contribution is -2.38. The molecule has 2 N–H and O–H groups in total. The first-order valence-electron chi connectivity index (χ1n) is 6.74. The molecule has 116 valence electrons. The molecule has 0 atom stereocenters. The van der Waals surface area contributed by atoms with Crippen LogP contribution >= 0.6 is 46.7 Å². The van der Waals surface area contributed by atoms with Crippen molar-refractivity contribution < 1.29 is 0 Å². The van der Waals surface area contributed by atoms with Crippen LogP contribution in [0.1, 0.15) is 21.7 Å². The number of aryl methyl sites for hydroxylation is 1. The molecule has 2 heterocycles. The first kappa shape index (κ1) is 18.4. The largest absolute Gasteiger partial charge is 0.357 e. The van der Waals surface area contributed by atoms with Gasteiger partial charge in [-0.05, 0) is 31.7 Å². The van der Waals surface area contributed by atoms with Crippen molar-refractivity contribution in [1.82, 2.24) is 15.6 Å². The number of aromatic nitrogens is 1. The highest BCUT2D eigenvalue weighted by Gasteiger charge is 2.01. The number of guanidine groups is 1. The molecule has 0 spiro atoms. The normalized spacial score (nSPS) is 11.0. The van der Waals surface area contributed by atoms with Crippen LogP contribution in [0.15, 0.2) is 28.7 Å². The van der Waals surface area contributed by atoms with Crippen LogP contribution < -0.4 is 10.6 Å². The number of nitrogens with one attached hydrogen (secondary N) is 2. The van der Waals surface area contributed by atoms with Crippen LogP contribution in [-0.4, -0.2) is 24.0 Å². The molecule has 0 unspecified atom stereocenters. The van der Waals surface area contributed by atoms with E-state index in [4.69, 9.17) is 0 Å². The number of nitrogens with zero attached hydrogens (tertiary/aromatic N) is 2. The molecule has 0 saturated carbocycles. The molecular formula is C14H21IN4S2. The van der Waals surface area contributed by atoms with E-state index in [-0.39, 0.29) is 24.0 Å². The molecule has 7 heteroatoms. The maximum Gasteiger partial charge on any atom is 0.191 e. The Morgan fingerprint density at radius 2 is 2.24 bits per heavy atom. The molecule has 0 amide bonds. The van der Waals surface area contributed by atoms with E-state index in [9.17, 15) is 0 Å². The number of rotatable bonds is 6. The summed E-state index contributed by atoms with van der Waals surface area (Å²) in [5, 5.41) is 9.78. The highest BCUT2D eigenvalue weighted by Crippen LogP contribution is 2.11. The Kier molecular flexibility index (Phi) is 8.86. The van der Waals surface area contributed by atoms with E-state index in [0.717, 1.165) is 30.5 Å². The molecule has 0 radical (unpaired) electrons. The first-order valence-corrected chi connectivity index (χ1v) is 8.43. The van der Waals surface area contributed by atoms with Crippen molar-refractivity contribution in [3.05, 3.63) is 38.5 Å². The van der Waals surface area contributed by atoms with Crippen molar-refractivity contribution in [1.29, 1.82) is 0 Å². The molecule has 0 aliphatic rings. The standard InChI is InChI=1S/C14H20N4S2.HI/c1-3-15-14(16-7-6-12-5-4-8-19-12)18-10-13-17-9-11(2)20-13;/h4-5,8-9H,3,6-7,10H2,1-2H3,(H2,15,16,18);1H. The highest BCUT2D eigenvalue weighted by atomic mass is 127. The summed E-state index contributed by atoms with van der Waals surface area (Å²) in [6, 6.07) is 4.25. The molecule has 2 aromatic rings. The second-order valence-electron chi connectivity index (χ2n) is 4.32. The lowest BCUT2D eigenvalue weighted by Gasteiger charge is -2.10. The zero-order valence-electron chi connectivity index (χ0n) is 12.3. The van der Waals surface area contributed by atoms with E-state index < -0.39 is 0 Å². The van der Waals surface area contributed by atoms with Gasteiger partial charge in [0.25, 0.3) is 0 Å². The second kappa shape index (κ2) is 10.1. The van der Waals surface area contributed by atoms with Crippen LogP contribution in [0.2, 0.25) is 0 Å². The fraction of sp³-hybridized carbons (Fsp3) is 0.429. The number of thiophene rings is 1. The predicted octanol–water partition coefficient (Wildman–Crippen LogP) is 3.43. The van der Waals surface area contributed by atoms with Gasteiger partial charge in [-0.1, -0.05) is 6.07 Å². The van der Waals surface area contributed by atoms with Gasteiger partial charge < -0.3 is 10.6 Å². The number of hydrogen-bond donors (Lipinski definition) is 2. The molecule has 0 saturated heterocycles. The van der Waals surface area contributed by atoms with Gasteiger partial charge in [0.1, 0.15) is 5.01 Å². The highest BCUT2D eigenvalue weighted by molar-refractivity contribution is 14.0. The zero-order chi connectivity index (χ0) is 14.2. The summed E-state index contributed by atoms with van der Waals surface area (Å²) < 4.78 is 0. The molecule has 21 heavy (non-hydrogen) atoms. The van der Waals surface area contributed by atoms with Gasteiger partial charge in [-0.2, -0.15) is 0 Å². The van der Waals surface area contributed by atoms with Gasteiger partial charge in [0, 0.05) is 29.0 Å². The van der Waals surface area contributed by atoms with Gasteiger partial charge in [-0.3, -0.25) is 0 Å². The van der Waals surface area contributed by atoms with E-state index in [2.05, 4.69) is 52.0 Å². The molecule has 0 fully saturated rings. The Balaban J connectivity index is 0.00000220. The number of hydrogen-bond acceptors (Lipinski definition) is 4. The van der Waals surface area contributed by atoms with Gasteiger partial charge in [-0.25, -0.2) is 9.98 Å². The lowest BCUT2D eigenvalue weighted by molar-refractivity contribution is 0.804. The van der Waals surface area contributed by atoms with Crippen molar-refractivity contribution in [2.45, 2.75) is 26.8 Å². The Hall–Kier alpha value is -0.670. The van der Waals surface area contributed by atoms with E-state index in [1.54, 1.807) is 22.7 Å². The van der Waals surface area contributed by atoms with E-state index in [1.807, 2.05) is 6.20 Å². The van der Waals surface area contributed by atoms with E-state index >= 15 is 0 Å². The number of halogens is 1. The maximum atomic E-state index is 4.56. The van der Waals surface area contributed by atoms with Gasteiger partial charge in [-0.15, -0.1) is 46.7 Å². The SMILES string of the molecule is CCNC(=NCc1ncc(C)s1)NCCc1cccs1.I. The number of thiazole rings is 1. The summed E-state index contributed by atoms with van der Waals surface area (Å²) >= 11 is 3.49. The minimum atomic E-state index is 0. The monoisotopic (exact) mass is 436 g/mol. The van der Waals surface area contributed by atoms with Crippen molar-refractivity contribution in [3.8, 4) is 0 Å². The van der Waals surface area contributed by atoms with Gasteiger partial charge >= 0.3 is 0 Å². The quantitative estimate of drug-likeness (QED) is 0.415. The van der Waals surface area contributed by atoms with E-state index in [1.165, 1.54) is 9.75 Å². The average molecular weight is 436 g/mol. The van der Waals surface area contributed by atoms with Crippen LogP contribution in [-0.2, 0) is 13.0 Å². The molecule has 2 aromatic heterocycles. The topological polar surface area (TPSA) is 49.3 Å². The van der Waals surface area contributed by atoms with Crippen LogP contribution in [0.4, 0.5) is 0 Å². The smallest absolute Gasteiger partial charge is 0.191 e. The molecular weight excluding hydrogens is 415 g/mol. The van der Waals surface area contributed by atoms with Gasteiger partial charge in [0.2, 0.25) is 0 Å². The minimum absolute atomic E-state index is 0. The molecule has 0 aromatic carbocycles. The molecule has 2 rings (SSSR count). The fourth-order valence-electron chi connectivity index (χ4n) is 1.72. The third-order valence-electron chi connectivity index (χ3n) is 2.63. The van der Waals surface area contributed by atoms with E-state index in [0.29, 0.717) is 6.54 Å². The average Bonchev–Trinajstić information content (AvgIpc) is 3.07. The predicted molar refractivity (Wildman–Crippen MR) is 103 cm³/mol. The summed E-state index contributed by atoms with van der Waals surface area (Å²) in [4.78, 5) is 11.5. The van der Waals surface area contributed by atoms with Crippen LogP contribution in [0.5, 0.6) is 0 Å². The van der Waals surface area contributed by atoms with Crippen molar-refractivity contribution in [2.24, 2.45) is 4.99 Å². The summed E-state index contributed by atoms with van der Waals surface area (Å²) in [7, 11) is 0. The molecule has 0 aliphatic carbocycles. The number of aliphatic imine (C=N–C) groups is 1. The maximum absolute atomic E-state index is 4.56. The molecule has 0 aliphatic heterocycles.